The van der Waals surface area contributed by atoms with Crippen LogP contribution in [0.1, 0.15) is 19.2 Å². The van der Waals surface area contributed by atoms with Gasteiger partial charge >= 0.3 is 5.97 Å². The topological polar surface area (TPSA) is 121 Å². The van der Waals surface area contributed by atoms with E-state index in [4.69, 9.17) is 9.84 Å². The molecule has 3 N–H and O–H groups in total. The highest BCUT2D eigenvalue weighted by atomic mass is 32.2. The minimum absolute atomic E-state index is 0.0467. The van der Waals surface area contributed by atoms with Crippen LogP contribution in [0.5, 0.6) is 0 Å². The van der Waals surface area contributed by atoms with Crippen LogP contribution in [-0.4, -0.2) is 49.2 Å². The Morgan fingerprint density at radius 3 is 2.79 bits per heavy atom. The first-order chi connectivity index (χ1) is 8.89. The molecule has 0 aliphatic heterocycles. The average Bonchev–Trinajstić information content (AvgIpc) is 2.83. The van der Waals surface area contributed by atoms with Gasteiger partial charge in [-0.2, -0.15) is 0 Å². The number of hydrogen-bond donors (Lipinski definition) is 3. The van der Waals surface area contributed by atoms with Crippen molar-refractivity contribution >= 4 is 16.0 Å². The molecule has 0 aliphatic carbocycles. The number of hydrogen-bond acceptors (Lipinski definition) is 5. The molecule has 8 nitrogen and oxygen atoms in total. The van der Waals surface area contributed by atoms with Crippen molar-refractivity contribution in [3.05, 3.63) is 12.0 Å². The van der Waals surface area contributed by atoms with Crippen molar-refractivity contribution in [2.75, 3.05) is 13.7 Å². The Kier molecular flexibility index (Phi) is 5.45. The van der Waals surface area contributed by atoms with E-state index >= 15 is 0 Å². The summed E-state index contributed by atoms with van der Waals surface area (Å²) >= 11 is 0. The second kappa shape index (κ2) is 6.64. The molecule has 0 fully saturated rings. The maximum atomic E-state index is 11.9. The summed E-state index contributed by atoms with van der Waals surface area (Å²) in [4.78, 5) is 17.1. The zero-order valence-electron chi connectivity index (χ0n) is 10.7. The summed E-state index contributed by atoms with van der Waals surface area (Å²) in [5.41, 5.74) is 0. The molecule has 1 rings (SSSR count). The summed E-state index contributed by atoms with van der Waals surface area (Å²) in [7, 11) is -2.40. The Balaban J connectivity index is 2.66. The second-order valence-electron chi connectivity index (χ2n) is 3.86. The predicted molar refractivity (Wildman–Crippen MR) is 66.2 cm³/mol. The zero-order chi connectivity index (χ0) is 14.5. The highest BCUT2D eigenvalue weighted by molar-refractivity contribution is 7.89. The highest BCUT2D eigenvalue weighted by Crippen LogP contribution is 2.06. The first kappa shape index (κ1) is 15.6. The maximum absolute atomic E-state index is 11.9. The van der Waals surface area contributed by atoms with E-state index in [9.17, 15) is 13.2 Å². The Bertz CT molecular complexity index is 525. The van der Waals surface area contributed by atoms with Crippen molar-refractivity contribution < 1.29 is 23.1 Å². The van der Waals surface area contributed by atoms with Gasteiger partial charge in [0.05, 0.1) is 18.7 Å². The predicted octanol–water partition coefficient (Wildman–Crippen LogP) is -0.260. The van der Waals surface area contributed by atoms with Crippen LogP contribution in [0.25, 0.3) is 0 Å². The number of H-pyrrole nitrogens is 1. The molecule has 108 valence electrons. The fourth-order valence-electron chi connectivity index (χ4n) is 1.37. The molecule has 19 heavy (non-hydrogen) atoms. The van der Waals surface area contributed by atoms with Crippen LogP contribution >= 0.6 is 0 Å². The normalized spacial score (nSPS) is 13.4. The first-order valence-corrected chi connectivity index (χ1v) is 7.15. The fraction of sp³-hybridized carbons (Fsp3) is 0.600. The van der Waals surface area contributed by atoms with Gasteiger partial charge in [-0.3, -0.25) is 4.79 Å². The van der Waals surface area contributed by atoms with Gasteiger partial charge in [0.15, 0.2) is 5.03 Å². The summed E-state index contributed by atoms with van der Waals surface area (Å²) in [5.74, 6) is -0.491. The van der Waals surface area contributed by atoms with Crippen LogP contribution in [0.4, 0.5) is 0 Å². The van der Waals surface area contributed by atoms with Gasteiger partial charge < -0.3 is 14.8 Å². The third-order valence-corrected chi connectivity index (χ3v) is 3.80. The summed E-state index contributed by atoms with van der Waals surface area (Å²) < 4.78 is 30.9. The number of aryl methyl sites for hydroxylation is 1. The minimum atomic E-state index is -3.73. The van der Waals surface area contributed by atoms with E-state index in [0.717, 1.165) is 0 Å². The van der Waals surface area contributed by atoms with Gasteiger partial charge in [0.2, 0.25) is 0 Å². The molecular weight excluding hydrogens is 274 g/mol. The van der Waals surface area contributed by atoms with Crippen LogP contribution in [0.3, 0.4) is 0 Å². The third-order valence-electron chi connectivity index (χ3n) is 2.47. The van der Waals surface area contributed by atoms with E-state index in [0.29, 0.717) is 12.2 Å². The van der Waals surface area contributed by atoms with Crippen LogP contribution in [0.2, 0.25) is 0 Å². The van der Waals surface area contributed by atoms with E-state index in [2.05, 4.69) is 14.7 Å². The molecule has 1 atom stereocenters. The lowest BCUT2D eigenvalue weighted by Gasteiger charge is -2.13. The van der Waals surface area contributed by atoms with Gasteiger partial charge in [0.25, 0.3) is 10.0 Å². The molecule has 1 aromatic rings. The number of methoxy groups -OCH3 is 1. The highest BCUT2D eigenvalue weighted by Gasteiger charge is 2.20. The molecular formula is C10H17N3O5S. The lowest BCUT2D eigenvalue weighted by molar-refractivity contribution is -0.139. The number of aliphatic carboxylic acids is 1. The summed E-state index contributed by atoms with van der Waals surface area (Å²) in [6.45, 7) is 1.72. The molecule has 1 heterocycles. The lowest BCUT2D eigenvalue weighted by atomic mass is 10.2. The van der Waals surface area contributed by atoms with Crippen LogP contribution in [0, 0.1) is 0 Å². The molecule has 0 aromatic carbocycles. The average molecular weight is 291 g/mol. The largest absolute Gasteiger partial charge is 0.481 e. The number of imidazole rings is 1. The molecule has 1 unspecified atom stereocenters. The number of ether oxygens (including phenoxy) is 1. The minimum Gasteiger partial charge on any atom is -0.481 e. The number of carboxylic acid groups (broad SMARTS) is 1. The van der Waals surface area contributed by atoms with Crippen molar-refractivity contribution in [1.29, 1.82) is 0 Å². The van der Waals surface area contributed by atoms with Crippen molar-refractivity contribution in [3.63, 3.8) is 0 Å². The standard InChI is InChI=1S/C10H17N3O5S/c1-3-8-11-6-9(13-8)19(16,17)12-5-7(18-2)4-10(14)15/h6-7,12H,3-5H2,1-2H3,(H,11,13)(H,14,15). The molecule has 0 amide bonds. The Hall–Kier alpha value is -1.45. The Morgan fingerprint density at radius 2 is 2.32 bits per heavy atom. The van der Waals surface area contributed by atoms with E-state index in [1.165, 1.54) is 13.3 Å². The Labute approximate surface area is 111 Å². The van der Waals surface area contributed by atoms with E-state index in [-0.39, 0.29) is 18.0 Å². The lowest BCUT2D eigenvalue weighted by Crippen LogP contribution is -2.34. The van der Waals surface area contributed by atoms with E-state index in [1.807, 2.05) is 6.92 Å². The maximum Gasteiger partial charge on any atom is 0.306 e. The van der Waals surface area contributed by atoms with E-state index in [1.54, 1.807) is 0 Å². The van der Waals surface area contributed by atoms with Crippen molar-refractivity contribution in [2.24, 2.45) is 0 Å². The Morgan fingerprint density at radius 1 is 1.63 bits per heavy atom. The number of rotatable bonds is 8. The number of sulfonamides is 1. The molecule has 0 saturated carbocycles. The molecule has 9 heteroatoms. The summed E-state index contributed by atoms with van der Waals surface area (Å²) in [5, 5.41) is 8.58. The van der Waals surface area contributed by atoms with Gasteiger partial charge in [-0.15, -0.1) is 0 Å². The molecule has 0 bridgehead atoms. The van der Waals surface area contributed by atoms with Crippen molar-refractivity contribution in [3.8, 4) is 0 Å². The number of nitrogens with one attached hydrogen (secondary N) is 2. The van der Waals surface area contributed by atoms with Crippen molar-refractivity contribution in [1.82, 2.24) is 14.7 Å². The first-order valence-electron chi connectivity index (χ1n) is 5.67. The van der Waals surface area contributed by atoms with Gasteiger partial charge in [-0.1, -0.05) is 6.92 Å². The summed E-state index contributed by atoms with van der Waals surface area (Å²) in [6.07, 6.45) is 0.818. The van der Waals surface area contributed by atoms with Crippen molar-refractivity contribution in [2.45, 2.75) is 30.9 Å². The van der Waals surface area contributed by atoms with Crippen LogP contribution in [0.15, 0.2) is 11.2 Å². The molecule has 0 radical (unpaired) electrons. The quantitative estimate of drug-likeness (QED) is 0.606. The molecule has 0 spiro atoms. The molecule has 0 aliphatic rings. The smallest absolute Gasteiger partial charge is 0.306 e. The van der Waals surface area contributed by atoms with Gasteiger partial charge in [0.1, 0.15) is 5.82 Å². The number of carboxylic acids is 1. The molecule has 1 aromatic heterocycles. The number of aromatic amines is 1. The van der Waals surface area contributed by atoms with Crippen LogP contribution < -0.4 is 4.72 Å². The van der Waals surface area contributed by atoms with Gasteiger partial charge in [-0.25, -0.2) is 18.1 Å². The zero-order valence-corrected chi connectivity index (χ0v) is 11.5. The third kappa shape index (κ3) is 4.62. The van der Waals surface area contributed by atoms with Gasteiger partial charge in [0, 0.05) is 20.1 Å². The monoisotopic (exact) mass is 291 g/mol. The molecule has 0 saturated heterocycles. The van der Waals surface area contributed by atoms with Gasteiger partial charge in [-0.05, 0) is 0 Å². The number of nitrogens with zero attached hydrogens (tertiary/aromatic N) is 1. The second-order valence-corrected chi connectivity index (χ2v) is 5.59. The fourth-order valence-corrected chi connectivity index (χ4v) is 2.38. The van der Waals surface area contributed by atoms with E-state index < -0.39 is 22.1 Å². The van der Waals surface area contributed by atoms with Crippen LogP contribution in [-0.2, 0) is 26.0 Å². The SMILES string of the molecule is CCc1ncc(S(=O)(=O)NCC(CC(=O)O)OC)[nH]1. The number of carbonyl (C=O) groups is 1. The number of aromatic nitrogens is 2. The summed E-state index contributed by atoms with van der Waals surface area (Å²) in [6, 6.07) is 0.